The molecule has 24 heavy (non-hydrogen) atoms. The van der Waals surface area contributed by atoms with E-state index < -0.39 is 0 Å². The fourth-order valence-corrected chi connectivity index (χ4v) is 3.53. The van der Waals surface area contributed by atoms with Crippen LogP contribution < -0.4 is 14.4 Å². The van der Waals surface area contributed by atoms with Gasteiger partial charge in [0.1, 0.15) is 0 Å². The Bertz CT molecular complexity index is 562. The lowest BCUT2D eigenvalue weighted by Crippen LogP contribution is -2.48. The van der Waals surface area contributed by atoms with Gasteiger partial charge < -0.3 is 19.3 Å². The van der Waals surface area contributed by atoms with Gasteiger partial charge in [0.05, 0.1) is 12.7 Å². The van der Waals surface area contributed by atoms with E-state index in [9.17, 15) is 4.79 Å². The summed E-state index contributed by atoms with van der Waals surface area (Å²) >= 11 is 0. The highest BCUT2D eigenvalue weighted by molar-refractivity contribution is 5.73. The topological polar surface area (TPSA) is 42.0 Å². The summed E-state index contributed by atoms with van der Waals surface area (Å²) in [6, 6.07) is 6.21. The summed E-state index contributed by atoms with van der Waals surface area (Å²) in [6.07, 6.45) is 5.08. The molecule has 1 saturated heterocycles. The molecule has 3 rings (SSSR count). The number of hydrogen-bond acceptors (Lipinski definition) is 4. The second-order valence-corrected chi connectivity index (χ2v) is 6.58. The van der Waals surface area contributed by atoms with Crippen molar-refractivity contribution >= 4 is 11.6 Å². The van der Waals surface area contributed by atoms with Gasteiger partial charge >= 0.3 is 0 Å². The average Bonchev–Trinajstić information content (AvgIpc) is 3.10. The first kappa shape index (κ1) is 16.9. The number of carbonyl (C=O) groups is 1. The number of benzene rings is 1. The standard InChI is InChI=1S/C19H28N2O3/c1-3-23-18-9-8-16(14-19(18)24-17-6-4-5-7-17)21-12-10-20(11-13-21)15(2)22/h8-9,14,17H,3-7,10-13H2,1-2H3. The Labute approximate surface area is 144 Å². The minimum absolute atomic E-state index is 0.159. The SMILES string of the molecule is CCOc1ccc(N2CCN(C(C)=O)CC2)cc1OC1CCCC1. The van der Waals surface area contributed by atoms with E-state index in [1.165, 1.54) is 12.8 Å². The maximum absolute atomic E-state index is 11.5. The van der Waals surface area contributed by atoms with Crippen molar-refractivity contribution in [3.8, 4) is 11.5 Å². The van der Waals surface area contributed by atoms with Crippen LogP contribution in [0.1, 0.15) is 39.5 Å². The molecule has 0 bridgehead atoms. The minimum atomic E-state index is 0.159. The van der Waals surface area contributed by atoms with Crippen molar-refractivity contribution in [2.75, 3.05) is 37.7 Å². The molecular formula is C19H28N2O3. The van der Waals surface area contributed by atoms with Crippen LogP contribution in [0.15, 0.2) is 18.2 Å². The minimum Gasteiger partial charge on any atom is -0.490 e. The van der Waals surface area contributed by atoms with Crippen LogP contribution in [-0.2, 0) is 4.79 Å². The van der Waals surface area contributed by atoms with E-state index in [1.54, 1.807) is 6.92 Å². The second-order valence-electron chi connectivity index (χ2n) is 6.58. The first-order valence-corrected chi connectivity index (χ1v) is 9.11. The van der Waals surface area contributed by atoms with Crippen LogP contribution in [0.5, 0.6) is 11.5 Å². The molecule has 1 aromatic rings. The lowest BCUT2D eigenvalue weighted by atomic mass is 10.2. The highest BCUT2D eigenvalue weighted by Crippen LogP contribution is 2.35. The van der Waals surface area contributed by atoms with Gasteiger partial charge in [-0.15, -0.1) is 0 Å². The van der Waals surface area contributed by atoms with Gasteiger partial charge in [-0.25, -0.2) is 0 Å². The summed E-state index contributed by atoms with van der Waals surface area (Å²) in [5, 5.41) is 0. The summed E-state index contributed by atoms with van der Waals surface area (Å²) in [7, 11) is 0. The normalized spacial score (nSPS) is 18.8. The van der Waals surface area contributed by atoms with Crippen molar-refractivity contribution in [2.24, 2.45) is 0 Å². The Morgan fingerprint density at radius 1 is 1.12 bits per heavy atom. The smallest absolute Gasteiger partial charge is 0.219 e. The van der Waals surface area contributed by atoms with E-state index in [-0.39, 0.29) is 5.91 Å². The molecule has 1 aliphatic heterocycles. The van der Waals surface area contributed by atoms with Gasteiger partial charge in [0, 0.05) is 44.9 Å². The fourth-order valence-electron chi connectivity index (χ4n) is 3.53. The molecule has 0 spiro atoms. The van der Waals surface area contributed by atoms with Crippen LogP contribution in [0.3, 0.4) is 0 Å². The van der Waals surface area contributed by atoms with Crippen molar-refractivity contribution in [3.63, 3.8) is 0 Å². The van der Waals surface area contributed by atoms with E-state index in [2.05, 4.69) is 17.0 Å². The van der Waals surface area contributed by atoms with Crippen molar-refractivity contribution in [1.82, 2.24) is 4.90 Å². The van der Waals surface area contributed by atoms with E-state index in [1.807, 2.05) is 17.9 Å². The Morgan fingerprint density at radius 2 is 1.83 bits per heavy atom. The molecule has 2 aliphatic rings. The number of hydrogen-bond donors (Lipinski definition) is 0. The summed E-state index contributed by atoms with van der Waals surface area (Å²) in [5.41, 5.74) is 1.15. The van der Waals surface area contributed by atoms with E-state index in [0.29, 0.717) is 12.7 Å². The monoisotopic (exact) mass is 332 g/mol. The van der Waals surface area contributed by atoms with Gasteiger partial charge in [0.15, 0.2) is 11.5 Å². The van der Waals surface area contributed by atoms with Crippen molar-refractivity contribution in [3.05, 3.63) is 18.2 Å². The van der Waals surface area contributed by atoms with Crippen molar-refractivity contribution in [1.29, 1.82) is 0 Å². The van der Waals surface area contributed by atoms with Gasteiger partial charge in [-0.2, -0.15) is 0 Å². The lowest BCUT2D eigenvalue weighted by molar-refractivity contribution is -0.129. The van der Waals surface area contributed by atoms with Crippen LogP contribution in [-0.4, -0.2) is 49.7 Å². The molecule has 0 atom stereocenters. The molecule has 0 N–H and O–H groups in total. The zero-order valence-electron chi connectivity index (χ0n) is 14.8. The number of carbonyl (C=O) groups excluding carboxylic acids is 1. The summed E-state index contributed by atoms with van der Waals surface area (Å²) in [4.78, 5) is 15.7. The number of nitrogens with zero attached hydrogens (tertiary/aromatic N) is 2. The largest absolute Gasteiger partial charge is 0.490 e. The number of amides is 1. The Morgan fingerprint density at radius 3 is 2.46 bits per heavy atom. The predicted molar refractivity (Wildman–Crippen MR) is 95.0 cm³/mol. The second kappa shape index (κ2) is 7.77. The van der Waals surface area contributed by atoms with Gasteiger partial charge in [-0.05, 0) is 44.7 Å². The zero-order valence-corrected chi connectivity index (χ0v) is 14.8. The Kier molecular flexibility index (Phi) is 5.48. The molecule has 1 saturated carbocycles. The highest BCUT2D eigenvalue weighted by atomic mass is 16.5. The number of anilines is 1. The third kappa shape index (κ3) is 3.94. The van der Waals surface area contributed by atoms with E-state index >= 15 is 0 Å². The number of ether oxygens (including phenoxy) is 2. The highest BCUT2D eigenvalue weighted by Gasteiger charge is 2.22. The molecule has 1 aromatic carbocycles. The molecule has 2 fully saturated rings. The maximum atomic E-state index is 11.5. The molecular weight excluding hydrogens is 304 g/mol. The maximum Gasteiger partial charge on any atom is 0.219 e. The fraction of sp³-hybridized carbons (Fsp3) is 0.632. The first-order valence-electron chi connectivity index (χ1n) is 9.11. The van der Waals surface area contributed by atoms with Gasteiger partial charge in [-0.3, -0.25) is 4.79 Å². The molecule has 132 valence electrons. The first-order chi connectivity index (χ1) is 11.7. The molecule has 0 unspecified atom stereocenters. The van der Waals surface area contributed by atoms with Crippen LogP contribution in [0.25, 0.3) is 0 Å². The zero-order chi connectivity index (χ0) is 16.9. The quantitative estimate of drug-likeness (QED) is 0.831. The van der Waals surface area contributed by atoms with Gasteiger partial charge in [0.25, 0.3) is 0 Å². The molecule has 1 aliphatic carbocycles. The summed E-state index contributed by atoms with van der Waals surface area (Å²) in [5.74, 6) is 1.84. The molecule has 1 amide bonds. The van der Waals surface area contributed by atoms with E-state index in [4.69, 9.17) is 9.47 Å². The van der Waals surface area contributed by atoms with Crippen LogP contribution in [0.4, 0.5) is 5.69 Å². The lowest BCUT2D eigenvalue weighted by Gasteiger charge is -2.36. The molecule has 5 heteroatoms. The third-order valence-corrected chi connectivity index (χ3v) is 4.91. The van der Waals surface area contributed by atoms with Gasteiger partial charge in [0.2, 0.25) is 5.91 Å². The summed E-state index contributed by atoms with van der Waals surface area (Å²) in [6.45, 7) is 7.54. The predicted octanol–water partition coefficient (Wildman–Crippen LogP) is 3.08. The molecule has 5 nitrogen and oxygen atoms in total. The van der Waals surface area contributed by atoms with Crippen molar-refractivity contribution in [2.45, 2.75) is 45.6 Å². The van der Waals surface area contributed by atoms with Crippen LogP contribution >= 0.6 is 0 Å². The number of piperazine rings is 1. The van der Waals surface area contributed by atoms with E-state index in [0.717, 1.165) is 56.2 Å². The molecule has 0 radical (unpaired) electrons. The van der Waals surface area contributed by atoms with Crippen molar-refractivity contribution < 1.29 is 14.3 Å². The van der Waals surface area contributed by atoms with Crippen LogP contribution in [0.2, 0.25) is 0 Å². The average molecular weight is 332 g/mol. The van der Waals surface area contributed by atoms with Gasteiger partial charge in [-0.1, -0.05) is 0 Å². The third-order valence-electron chi connectivity index (χ3n) is 4.91. The Hall–Kier alpha value is -1.91. The number of rotatable bonds is 5. The summed E-state index contributed by atoms with van der Waals surface area (Å²) < 4.78 is 12.0. The molecule has 0 aromatic heterocycles. The molecule has 1 heterocycles. The van der Waals surface area contributed by atoms with Crippen LogP contribution in [0, 0.1) is 0 Å². The Balaban J connectivity index is 1.72.